The molecule has 0 saturated carbocycles. The van der Waals surface area contributed by atoms with E-state index >= 15 is 0 Å². The maximum absolute atomic E-state index is 12.9. The molecule has 0 bridgehead atoms. The maximum Gasteiger partial charge on any atom is 0.416 e. The van der Waals surface area contributed by atoms with Crippen molar-refractivity contribution < 1.29 is 32.3 Å². The molecule has 0 atom stereocenters. The number of alkyl halides is 3. The number of rotatable bonds is 6. The first kappa shape index (κ1) is 19.7. The average Bonchev–Trinajstić information content (AvgIpc) is 2.52. The Morgan fingerprint density at radius 1 is 1.29 bits per heavy atom. The SMILES string of the molecule is CCOC(=O)/C=C/c1cc(C(F)(F)F)ccc1CC(=O)N(C)OC. The van der Waals surface area contributed by atoms with Crippen LogP contribution in [0.1, 0.15) is 23.6 Å². The maximum atomic E-state index is 12.9. The van der Waals surface area contributed by atoms with Crippen LogP contribution in [-0.2, 0) is 31.8 Å². The summed E-state index contributed by atoms with van der Waals surface area (Å²) in [5, 5.41) is 0.969. The molecule has 1 amide bonds. The number of carbonyl (C=O) groups excluding carboxylic acids is 2. The van der Waals surface area contributed by atoms with E-state index in [-0.39, 0.29) is 18.6 Å². The zero-order chi connectivity index (χ0) is 18.3. The zero-order valence-electron chi connectivity index (χ0n) is 13.5. The highest BCUT2D eigenvalue weighted by atomic mass is 19.4. The minimum atomic E-state index is -4.53. The molecule has 0 aromatic heterocycles. The lowest BCUT2D eigenvalue weighted by molar-refractivity contribution is -0.167. The Morgan fingerprint density at radius 2 is 1.96 bits per heavy atom. The Labute approximate surface area is 137 Å². The van der Waals surface area contributed by atoms with Crippen molar-refractivity contribution in [2.75, 3.05) is 20.8 Å². The number of nitrogens with zero attached hydrogens (tertiary/aromatic N) is 1. The topological polar surface area (TPSA) is 55.8 Å². The summed E-state index contributed by atoms with van der Waals surface area (Å²) in [5.41, 5.74) is -0.435. The van der Waals surface area contributed by atoms with Crippen LogP contribution in [0.3, 0.4) is 0 Å². The molecule has 0 aliphatic rings. The van der Waals surface area contributed by atoms with E-state index in [1.165, 1.54) is 26.3 Å². The first-order valence-electron chi connectivity index (χ1n) is 7.04. The molecule has 24 heavy (non-hydrogen) atoms. The molecule has 0 saturated heterocycles. The van der Waals surface area contributed by atoms with Gasteiger partial charge in [-0.25, -0.2) is 9.86 Å². The molecule has 0 spiro atoms. The van der Waals surface area contributed by atoms with Gasteiger partial charge in [0.25, 0.3) is 0 Å². The Kier molecular flexibility index (Phi) is 6.97. The third-order valence-corrected chi connectivity index (χ3v) is 3.13. The van der Waals surface area contributed by atoms with Crippen LogP contribution in [0, 0.1) is 0 Å². The summed E-state index contributed by atoms with van der Waals surface area (Å²) < 4.78 is 43.3. The van der Waals surface area contributed by atoms with Gasteiger partial charge in [0, 0.05) is 13.1 Å². The van der Waals surface area contributed by atoms with Crippen LogP contribution < -0.4 is 0 Å². The van der Waals surface area contributed by atoms with E-state index in [0.29, 0.717) is 5.56 Å². The lowest BCUT2D eigenvalue weighted by Gasteiger charge is -2.15. The summed E-state index contributed by atoms with van der Waals surface area (Å²) in [5.74, 6) is -1.12. The number of ether oxygens (including phenoxy) is 1. The summed E-state index contributed by atoms with van der Waals surface area (Å²) in [6, 6.07) is 2.97. The molecular formula is C16H18F3NO4. The van der Waals surface area contributed by atoms with Gasteiger partial charge in [0.05, 0.1) is 25.7 Å². The molecule has 5 nitrogen and oxygen atoms in total. The number of benzene rings is 1. The number of amides is 1. The molecule has 8 heteroatoms. The molecule has 0 aliphatic heterocycles. The lowest BCUT2D eigenvalue weighted by atomic mass is 10.00. The molecule has 0 heterocycles. The van der Waals surface area contributed by atoms with Gasteiger partial charge in [-0.15, -0.1) is 0 Å². The minimum Gasteiger partial charge on any atom is -0.463 e. The van der Waals surface area contributed by atoms with Crippen LogP contribution in [0.25, 0.3) is 6.08 Å². The van der Waals surface area contributed by atoms with E-state index in [1.807, 2.05) is 0 Å². The van der Waals surface area contributed by atoms with Crippen molar-refractivity contribution in [3.05, 3.63) is 41.0 Å². The second kappa shape index (κ2) is 8.49. The van der Waals surface area contributed by atoms with Gasteiger partial charge in [-0.1, -0.05) is 6.07 Å². The van der Waals surface area contributed by atoms with Gasteiger partial charge in [0.1, 0.15) is 0 Å². The van der Waals surface area contributed by atoms with Crippen molar-refractivity contribution in [1.82, 2.24) is 5.06 Å². The predicted molar refractivity (Wildman–Crippen MR) is 80.6 cm³/mol. The molecule has 0 fully saturated rings. The second-order valence-electron chi connectivity index (χ2n) is 4.75. The molecule has 0 N–H and O–H groups in total. The van der Waals surface area contributed by atoms with Crippen molar-refractivity contribution in [3.8, 4) is 0 Å². The summed E-state index contributed by atoms with van der Waals surface area (Å²) in [4.78, 5) is 28.0. The quantitative estimate of drug-likeness (QED) is 0.452. The number of hydrogen-bond donors (Lipinski definition) is 0. The van der Waals surface area contributed by atoms with E-state index in [1.54, 1.807) is 6.92 Å². The highest BCUT2D eigenvalue weighted by Crippen LogP contribution is 2.31. The van der Waals surface area contributed by atoms with Gasteiger partial charge in [0.15, 0.2) is 0 Å². The van der Waals surface area contributed by atoms with E-state index in [2.05, 4.69) is 0 Å². The van der Waals surface area contributed by atoms with Crippen LogP contribution >= 0.6 is 0 Å². The largest absolute Gasteiger partial charge is 0.463 e. The first-order chi connectivity index (χ1) is 11.2. The molecule has 0 unspecified atom stereocenters. The molecule has 1 aromatic rings. The van der Waals surface area contributed by atoms with E-state index < -0.39 is 23.6 Å². The number of esters is 1. The highest BCUT2D eigenvalue weighted by Gasteiger charge is 2.31. The summed E-state index contributed by atoms with van der Waals surface area (Å²) in [7, 11) is 2.69. The van der Waals surface area contributed by atoms with Gasteiger partial charge in [-0.2, -0.15) is 13.2 Å². The lowest BCUT2D eigenvalue weighted by Crippen LogP contribution is -2.27. The molecule has 0 radical (unpaired) electrons. The molecule has 0 aliphatic carbocycles. The van der Waals surface area contributed by atoms with Crippen molar-refractivity contribution in [1.29, 1.82) is 0 Å². The van der Waals surface area contributed by atoms with Gasteiger partial charge in [0.2, 0.25) is 5.91 Å². The monoisotopic (exact) mass is 345 g/mol. The highest BCUT2D eigenvalue weighted by molar-refractivity contribution is 5.88. The van der Waals surface area contributed by atoms with Crippen molar-refractivity contribution in [3.63, 3.8) is 0 Å². The second-order valence-corrected chi connectivity index (χ2v) is 4.75. The van der Waals surface area contributed by atoms with E-state index in [0.717, 1.165) is 23.3 Å². The Bertz CT molecular complexity index is 626. The number of carbonyl (C=O) groups is 2. The summed E-state index contributed by atoms with van der Waals surface area (Å²) in [6.07, 6.45) is -2.49. The average molecular weight is 345 g/mol. The van der Waals surface area contributed by atoms with E-state index in [4.69, 9.17) is 9.57 Å². The fraction of sp³-hybridized carbons (Fsp3) is 0.375. The number of hydrogen-bond acceptors (Lipinski definition) is 4. The van der Waals surface area contributed by atoms with Gasteiger partial charge in [-0.05, 0) is 36.3 Å². The number of halogens is 3. The van der Waals surface area contributed by atoms with E-state index in [9.17, 15) is 22.8 Å². The molecular weight excluding hydrogens is 327 g/mol. The molecule has 1 rings (SSSR count). The Balaban J connectivity index is 3.17. The molecule has 132 valence electrons. The van der Waals surface area contributed by atoms with Crippen LogP contribution in [0.5, 0.6) is 0 Å². The predicted octanol–water partition coefficient (Wildman–Crippen LogP) is 2.84. The first-order valence-corrected chi connectivity index (χ1v) is 7.04. The minimum absolute atomic E-state index is 0.107. The van der Waals surface area contributed by atoms with Gasteiger partial charge in [-0.3, -0.25) is 9.63 Å². The smallest absolute Gasteiger partial charge is 0.416 e. The van der Waals surface area contributed by atoms with Crippen molar-refractivity contribution in [2.45, 2.75) is 19.5 Å². The standard InChI is InChI=1S/C16H18F3NO4/c1-4-24-15(22)8-6-11-9-13(16(17,18)19)7-5-12(11)10-14(21)20(2)23-3/h5-9H,4,10H2,1-3H3/b8-6+. The summed E-state index contributed by atoms with van der Waals surface area (Å²) >= 11 is 0. The Hall–Kier alpha value is -2.35. The van der Waals surface area contributed by atoms with Crippen LogP contribution in [-0.4, -0.2) is 37.7 Å². The van der Waals surface area contributed by atoms with Gasteiger partial charge < -0.3 is 4.74 Å². The van der Waals surface area contributed by atoms with Crippen LogP contribution in [0.2, 0.25) is 0 Å². The fourth-order valence-corrected chi connectivity index (χ4v) is 1.81. The summed E-state index contributed by atoms with van der Waals surface area (Å²) in [6.45, 7) is 1.76. The molecule has 1 aromatic carbocycles. The zero-order valence-corrected chi connectivity index (χ0v) is 13.5. The third-order valence-electron chi connectivity index (χ3n) is 3.13. The van der Waals surface area contributed by atoms with Crippen LogP contribution in [0.4, 0.5) is 13.2 Å². The van der Waals surface area contributed by atoms with Crippen molar-refractivity contribution >= 4 is 18.0 Å². The number of hydroxylamine groups is 2. The van der Waals surface area contributed by atoms with Crippen LogP contribution in [0.15, 0.2) is 24.3 Å². The van der Waals surface area contributed by atoms with Crippen molar-refractivity contribution in [2.24, 2.45) is 0 Å². The number of likely N-dealkylation sites (N-methyl/N-ethyl adjacent to an activating group) is 1. The Morgan fingerprint density at radius 3 is 2.50 bits per heavy atom. The van der Waals surface area contributed by atoms with Gasteiger partial charge >= 0.3 is 12.1 Å². The normalized spacial score (nSPS) is 11.6. The fourth-order valence-electron chi connectivity index (χ4n) is 1.81. The third kappa shape index (κ3) is 5.69.